The van der Waals surface area contributed by atoms with Gasteiger partial charge in [-0.05, 0) is 18.9 Å². The molecule has 0 radical (unpaired) electrons. The standard InChI is InChI=1S/C20H21N3O8/c21-17-15(19(26)27)14(16(20(28)29)18(25)23-17)11-5-1-2-6-12(11)31-9-13(24)22-8-10-4-3-7-30-10/h1-2,5-6,10H,3-4,7-9H2,(H,22,24)(H,26,27)(H,28,29)(H3,21,23,25). The van der Waals surface area contributed by atoms with E-state index in [1.807, 2.05) is 4.98 Å². The summed E-state index contributed by atoms with van der Waals surface area (Å²) in [7, 11) is 0. The van der Waals surface area contributed by atoms with E-state index < -0.39 is 52.5 Å². The summed E-state index contributed by atoms with van der Waals surface area (Å²) in [5, 5.41) is 21.8. The third-order valence-electron chi connectivity index (χ3n) is 4.74. The van der Waals surface area contributed by atoms with Crippen LogP contribution in [0.3, 0.4) is 0 Å². The van der Waals surface area contributed by atoms with Gasteiger partial charge in [0, 0.05) is 24.3 Å². The fourth-order valence-corrected chi connectivity index (χ4v) is 3.34. The first-order valence-corrected chi connectivity index (χ1v) is 9.42. The van der Waals surface area contributed by atoms with Crippen LogP contribution in [-0.2, 0) is 9.53 Å². The Balaban J connectivity index is 1.93. The number of ether oxygens (including phenoxy) is 2. The van der Waals surface area contributed by atoms with Gasteiger partial charge < -0.3 is 35.7 Å². The molecular formula is C20H21N3O8. The van der Waals surface area contributed by atoms with Gasteiger partial charge in [0.25, 0.3) is 11.5 Å². The predicted octanol–water partition coefficient (Wildman–Crippen LogP) is 0.694. The Morgan fingerprint density at radius 2 is 1.90 bits per heavy atom. The van der Waals surface area contributed by atoms with Gasteiger partial charge in [-0.2, -0.15) is 0 Å². The van der Waals surface area contributed by atoms with Gasteiger partial charge in [0.15, 0.2) is 6.61 Å². The Hall–Kier alpha value is -3.86. The highest BCUT2D eigenvalue weighted by atomic mass is 16.5. The average molecular weight is 431 g/mol. The molecule has 0 saturated carbocycles. The first-order chi connectivity index (χ1) is 14.8. The van der Waals surface area contributed by atoms with Crippen LogP contribution in [0, 0.1) is 0 Å². The normalized spacial score (nSPS) is 15.4. The van der Waals surface area contributed by atoms with Crippen molar-refractivity contribution in [3.8, 4) is 16.9 Å². The topological polar surface area (TPSA) is 181 Å². The molecule has 31 heavy (non-hydrogen) atoms. The van der Waals surface area contributed by atoms with E-state index in [9.17, 15) is 29.4 Å². The molecule has 0 bridgehead atoms. The molecule has 1 aliphatic rings. The lowest BCUT2D eigenvalue weighted by Gasteiger charge is -2.16. The smallest absolute Gasteiger partial charge is 0.342 e. The second-order valence-corrected chi connectivity index (χ2v) is 6.83. The number of rotatable bonds is 8. The van der Waals surface area contributed by atoms with Crippen molar-refractivity contribution in [2.75, 3.05) is 25.5 Å². The van der Waals surface area contributed by atoms with Crippen LogP contribution in [-0.4, -0.2) is 58.9 Å². The van der Waals surface area contributed by atoms with Gasteiger partial charge in [0.05, 0.1) is 6.10 Å². The average Bonchev–Trinajstić information content (AvgIpc) is 3.23. The van der Waals surface area contributed by atoms with Gasteiger partial charge in [0.2, 0.25) is 0 Å². The summed E-state index contributed by atoms with van der Waals surface area (Å²) in [6.45, 7) is 0.579. The highest BCUT2D eigenvalue weighted by molar-refractivity contribution is 6.08. The minimum Gasteiger partial charge on any atom is -0.483 e. The summed E-state index contributed by atoms with van der Waals surface area (Å²) in [4.78, 5) is 49.9. The number of carboxylic acid groups (broad SMARTS) is 2. The Labute approximate surface area is 175 Å². The van der Waals surface area contributed by atoms with Crippen LogP contribution in [0.4, 0.5) is 5.82 Å². The Kier molecular flexibility index (Phi) is 6.55. The summed E-state index contributed by atoms with van der Waals surface area (Å²) in [5.41, 5.74) is 2.80. The molecule has 1 fully saturated rings. The number of aromatic nitrogens is 1. The number of anilines is 1. The molecule has 1 aromatic heterocycles. The summed E-state index contributed by atoms with van der Waals surface area (Å²) >= 11 is 0. The van der Waals surface area contributed by atoms with Crippen LogP contribution in [0.1, 0.15) is 33.6 Å². The fourth-order valence-electron chi connectivity index (χ4n) is 3.34. The molecule has 1 unspecified atom stereocenters. The number of aromatic carboxylic acids is 2. The summed E-state index contributed by atoms with van der Waals surface area (Å²) in [6.07, 6.45) is 1.73. The van der Waals surface area contributed by atoms with E-state index in [0.717, 1.165) is 12.8 Å². The lowest BCUT2D eigenvalue weighted by atomic mass is 9.94. The minimum atomic E-state index is -1.64. The van der Waals surface area contributed by atoms with E-state index in [1.54, 1.807) is 6.07 Å². The first-order valence-electron chi connectivity index (χ1n) is 9.42. The van der Waals surface area contributed by atoms with Gasteiger partial charge in [0.1, 0.15) is 22.7 Å². The highest BCUT2D eigenvalue weighted by Crippen LogP contribution is 2.35. The largest absolute Gasteiger partial charge is 0.483 e. The zero-order valence-corrected chi connectivity index (χ0v) is 16.3. The monoisotopic (exact) mass is 431 g/mol. The van der Waals surface area contributed by atoms with Gasteiger partial charge in [-0.15, -0.1) is 0 Å². The molecule has 2 heterocycles. The Morgan fingerprint density at radius 3 is 2.55 bits per heavy atom. The van der Waals surface area contributed by atoms with E-state index >= 15 is 0 Å². The van der Waals surface area contributed by atoms with Crippen LogP contribution in [0.2, 0.25) is 0 Å². The molecule has 11 heteroatoms. The predicted molar refractivity (Wildman–Crippen MR) is 108 cm³/mol. The molecule has 6 N–H and O–H groups in total. The van der Waals surface area contributed by atoms with Crippen LogP contribution >= 0.6 is 0 Å². The molecule has 1 aliphatic heterocycles. The SMILES string of the molecule is Nc1[nH]c(=O)c(C(=O)O)c(-c2ccccc2OCC(=O)NCC2CCCO2)c1C(=O)O. The van der Waals surface area contributed by atoms with E-state index in [0.29, 0.717) is 13.2 Å². The molecule has 0 spiro atoms. The Morgan fingerprint density at radius 1 is 1.19 bits per heavy atom. The number of carbonyl (C=O) groups is 3. The third-order valence-corrected chi connectivity index (χ3v) is 4.74. The molecule has 3 rings (SSSR count). The van der Waals surface area contributed by atoms with E-state index in [1.165, 1.54) is 18.2 Å². The molecule has 164 valence electrons. The van der Waals surface area contributed by atoms with Crippen molar-refractivity contribution in [3.05, 3.63) is 45.7 Å². The maximum absolute atomic E-state index is 12.2. The lowest BCUT2D eigenvalue weighted by molar-refractivity contribution is -0.123. The first kappa shape index (κ1) is 21.8. The lowest BCUT2D eigenvalue weighted by Crippen LogP contribution is -2.35. The van der Waals surface area contributed by atoms with Crippen molar-refractivity contribution in [2.45, 2.75) is 18.9 Å². The van der Waals surface area contributed by atoms with Crippen molar-refractivity contribution in [1.29, 1.82) is 0 Å². The number of amides is 1. The number of carbonyl (C=O) groups excluding carboxylic acids is 1. The number of hydrogen-bond acceptors (Lipinski definition) is 7. The molecule has 1 saturated heterocycles. The number of nitrogens with two attached hydrogens (primary N) is 1. The number of nitrogen functional groups attached to an aromatic ring is 1. The van der Waals surface area contributed by atoms with Gasteiger partial charge in [-0.1, -0.05) is 18.2 Å². The summed E-state index contributed by atoms with van der Waals surface area (Å²) < 4.78 is 11.0. The molecule has 1 atom stereocenters. The molecule has 0 aliphatic carbocycles. The number of nitrogens with one attached hydrogen (secondary N) is 2. The molecule has 1 aromatic carbocycles. The third kappa shape index (κ3) is 4.83. The van der Waals surface area contributed by atoms with Crippen molar-refractivity contribution in [1.82, 2.24) is 10.3 Å². The molecule has 2 aromatic rings. The minimum absolute atomic E-state index is 0.00188. The zero-order chi connectivity index (χ0) is 22.5. The van der Waals surface area contributed by atoms with Gasteiger partial charge in [-0.25, -0.2) is 9.59 Å². The molecule has 11 nitrogen and oxygen atoms in total. The van der Waals surface area contributed by atoms with Crippen molar-refractivity contribution >= 4 is 23.7 Å². The van der Waals surface area contributed by atoms with Crippen LogP contribution in [0.25, 0.3) is 11.1 Å². The highest BCUT2D eigenvalue weighted by Gasteiger charge is 2.28. The second-order valence-electron chi connectivity index (χ2n) is 6.83. The van der Waals surface area contributed by atoms with E-state index in [-0.39, 0.29) is 17.4 Å². The van der Waals surface area contributed by atoms with Gasteiger partial charge in [-0.3, -0.25) is 9.59 Å². The van der Waals surface area contributed by atoms with Crippen LogP contribution in [0.15, 0.2) is 29.1 Å². The maximum Gasteiger partial charge on any atom is 0.342 e. The van der Waals surface area contributed by atoms with Crippen molar-refractivity contribution in [3.63, 3.8) is 0 Å². The molecule has 1 amide bonds. The summed E-state index contributed by atoms with van der Waals surface area (Å²) in [5.74, 6) is -4.09. The number of carboxylic acids is 2. The second kappa shape index (κ2) is 9.30. The van der Waals surface area contributed by atoms with Crippen LogP contribution < -0.4 is 21.3 Å². The van der Waals surface area contributed by atoms with Crippen molar-refractivity contribution < 1.29 is 34.1 Å². The quantitative estimate of drug-likeness (QED) is 0.402. The number of para-hydroxylation sites is 1. The van der Waals surface area contributed by atoms with Crippen LogP contribution in [0.5, 0.6) is 5.75 Å². The van der Waals surface area contributed by atoms with Crippen molar-refractivity contribution in [2.24, 2.45) is 0 Å². The zero-order valence-electron chi connectivity index (χ0n) is 16.3. The number of aromatic amines is 1. The number of H-pyrrole nitrogens is 1. The maximum atomic E-state index is 12.2. The Bertz CT molecular complexity index is 1070. The number of hydrogen-bond donors (Lipinski definition) is 5. The number of pyridine rings is 1. The number of benzene rings is 1. The van der Waals surface area contributed by atoms with Gasteiger partial charge >= 0.3 is 11.9 Å². The van der Waals surface area contributed by atoms with E-state index in [2.05, 4.69) is 5.32 Å². The molecular weight excluding hydrogens is 410 g/mol. The fraction of sp³-hybridized carbons (Fsp3) is 0.300. The summed E-state index contributed by atoms with van der Waals surface area (Å²) in [6, 6.07) is 5.87. The van der Waals surface area contributed by atoms with E-state index in [4.69, 9.17) is 15.2 Å².